The van der Waals surface area contributed by atoms with Crippen LogP contribution in [0, 0.1) is 0 Å². The molecule has 1 fully saturated rings. The summed E-state index contributed by atoms with van der Waals surface area (Å²) in [5, 5.41) is 20.8. The molecule has 4 unspecified atom stereocenters. The summed E-state index contributed by atoms with van der Waals surface area (Å²) in [7, 11) is 1.14. The van der Waals surface area contributed by atoms with Crippen LogP contribution in [0.15, 0.2) is 12.7 Å². The summed E-state index contributed by atoms with van der Waals surface area (Å²) in [5.74, 6) is -2.22. The van der Waals surface area contributed by atoms with Gasteiger partial charge in [-0.2, -0.15) is 13.2 Å². The summed E-state index contributed by atoms with van der Waals surface area (Å²) >= 11 is 0. The maximum absolute atomic E-state index is 12.4. The summed E-state index contributed by atoms with van der Waals surface area (Å²) in [4.78, 5) is 11.1. The quantitative estimate of drug-likeness (QED) is 0.559. The minimum atomic E-state index is -5.11. The van der Waals surface area contributed by atoms with Gasteiger partial charge in [0.05, 0.1) is 13.2 Å². The molecular formula is C12H18F3NO6. The van der Waals surface area contributed by atoms with Gasteiger partial charge in [0, 0.05) is 7.11 Å². The normalized spacial score (nSPS) is 32.5. The second kappa shape index (κ2) is 7.88. The summed E-state index contributed by atoms with van der Waals surface area (Å²) < 4.78 is 52.5. The number of alkyl halides is 3. The second-order valence-corrected chi connectivity index (χ2v) is 4.54. The Kier molecular flexibility index (Phi) is 6.75. The Balaban J connectivity index is 2.97. The van der Waals surface area contributed by atoms with Gasteiger partial charge < -0.3 is 29.7 Å². The van der Waals surface area contributed by atoms with Gasteiger partial charge in [0.2, 0.25) is 0 Å². The highest BCUT2D eigenvalue weighted by Gasteiger charge is 2.49. The van der Waals surface area contributed by atoms with E-state index < -0.39 is 49.3 Å². The summed E-state index contributed by atoms with van der Waals surface area (Å²) in [6.45, 7) is 2.71. The molecule has 0 aliphatic carbocycles. The van der Waals surface area contributed by atoms with Crippen LogP contribution in [-0.2, 0) is 19.0 Å². The first-order valence-corrected chi connectivity index (χ1v) is 6.33. The number of methoxy groups -OCH3 is 1. The minimum Gasteiger partial charge on any atom is -0.394 e. The molecule has 0 aromatic carbocycles. The zero-order chi connectivity index (χ0) is 16.9. The number of carbonyl (C=O) groups is 1. The molecule has 7 nitrogen and oxygen atoms in total. The van der Waals surface area contributed by atoms with Crippen LogP contribution in [-0.4, -0.2) is 73.3 Å². The van der Waals surface area contributed by atoms with Crippen LogP contribution in [0.3, 0.4) is 0 Å². The molecule has 1 saturated heterocycles. The lowest BCUT2D eigenvalue weighted by molar-refractivity contribution is -0.272. The van der Waals surface area contributed by atoms with Crippen LogP contribution >= 0.6 is 0 Å². The number of rotatable bonds is 6. The van der Waals surface area contributed by atoms with Gasteiger partial charge in [0.25, 0.3) is 0 Å². The standard InChI is InChI=1S/C12H18F3NO6/c1-3-4-21-10-7(16-11(19)12(13,14)15)9(20-2)8(18)6(5-17)22-10/h3,6-10,17-18H,1,4-5H2,2H3,(H,16,19)/t6-,7?,8?,9?,10?/m1/s1. The van der Waals surface area contributed by atoms with Crippen LogP contribution in [0.1, 0.15) is 0 Å². The summed E-state index contributed by atoms with van der Waals surface area (Å²) in [5.41, 5.74) is 0. The Morgan fingerprint density at radius 2 is 2.14 bits per heavy atom. The molecule has 10 heteroatoms. The molecular weight excluding hydrogens is 311 g/mol. The molecule has 0 bridgehead atoms. The average Bonchev–Trinajstić information content (AvgIpc) is 2.45. The Hall–Kier alpha value is -1.20. The van der Waals surface area contributed by atoms with E-state index >= 15 is 0 Å². The Labute approximate surface area is 124 Å². The van der Waals surface area contributed by atoms with Crippen molar-refractivity contribution in [2.75, 3.05) is 20.3 Å². The van der Waals surface area contributed by atoms with E-state index in [1.165, 1.54) is 6.08 Å². The third-order valence-corrected chi connectivity index (χ3v) is 3.06. The molecule has 1 amide bonds. The monoisotopic (exact) mass is 329 g/mol. The highest BCUT2D eigenvalue weighted by atomic mass is 19.4. The SMILES string of the molecule is C=CCOC1O[C@H](CO)C(O)C(OC)C1NC(=O)C(F)(F)F. The smallest absolute Gasteiger partial charge is 0.394 e. The molecule has 22 heavy (non-hydrogen) atoms. The van der Waals surface area contributed by atoms with Crippen LogP contribution < -0.4 is 5.32 Å². The largest absolute Gasteiger partial charge is 0.471 e. The zero-order valence-corrected chi connectivity index (χ0v) is 11.7. The number of halogens is 3. The molecule has 0 saturated carbocycles. The van der Waals surface area contributed by atoms with E-state index in [-0.39, 0.29) is 6.61 Å². The highest BCUT2D eigenvalue weighted by Crippen LogP contribution is 2.25. The fourth-order valence-corrected chi connectivity index (χ4v) is 2.04. The third-order valence-electron chi connectivity index (χ3n) is 3.06. The van der Waals surface area contributed by atoms with Gasteiger partial charge in [-0.1, -0.05) is 6.08 Å². The molecule has 0 radical (unpaired) electrons. The topological polar surface area (TPSA) is 97.2 Å². The molecule has 1 aliphatic heterocycles. The average molecular weight is 329 g/mol. The zero-order valence-electron chi connectivity index (χ0n) is 11.7. The molecule has 1 heterocycles. The number of ether oxygens (including phenoxy) is 3. The lowest BCUT2D eigenvalue weighted by Gasteiger charge is -2.43. The van der Waals surface area contributed by atoms with E-state index in [1.807, 2.05) is 0 Å². The molecule has 1 aliphatic rings. The van der Waals surface area contributed by atoms with Crippen LogP contribution in [0.5, 0.6) is 0 Å². The molecule has 1 rings (SSSR count). The van der Waals surface area contributed by atoms with E-state index in [0.29, 0.717) is 0 Å². The van der Waals surface area contributed by atoms with Gasteiger partial charge in [-0.05, 0) is 0 Å². The Morgan fingerprint density at radius 1 is 1.50 bits per heavy atom. The molecule has 3 N–H and O–H groups in total. The number of hydrogen-bond acceptors (Lipinski definition) is 6. The van der Waals surface area contributed by atoms with Gasteiger partial charge in [0.15, 0.2) is 6.29 Å². The van der Waals surface area contributed by atoms with Crippen LogP contribution in [0.25, 0.3) is 0 Å². The van der Waals surface area contributed by atoms with Crippen molar-refractivity contribution in [3.63, 3.8) is 0 Å². The van der Waals surface area contributed by atoms with E-state index in [2.05, 4.69) is 6.58 Å². The summed E-state index contributed by atoms with van der Waals surface area (Å²) in [6, 6.07) is -1.42. The fourth-order valence-electron chi connectivity index (χ4n) is 2.04. The van der Waals surface area contributed by atoms with E-state index in [1.54, 1.807) is 5.32 Å². The van der Waals surface area contributed by atoms with Crippen molar-refractivity contribution in [2.24, 2.45) is 0 Å². The molecule has 0 spiro atoms. The number of aliphatic hydroxyl groups excluding tert-OH is 2. The number of carbonyl (C=O) groups excluding carboxylic acids is 1. The van der Waals surface area contributed by atoms with E-state index in [9.17, 15) is 23.1 Å². The Bertz CT molecular complexity index is 392. The first kappa shape index (κ1) is 18.8. The van der Waals surface area contributed by atoms with Gasteiger partial charge >= 0.3 is 12.1 Å². The van der Waals surface area contributed by atoms with E-state index in [0.717, 1.165) is 7.11 Å². The predicted molar refractivity (Wildman–Crippen MR) is 66.7 cm³/mol. The number of aliphatic hydroxyl groups is 2. The van der Waals surface area contributed by atoms with Crippen molar-refractivity contribution < 1.29 is 42.4 Å². The number of amides is 1. The van der Waals surface area contributed by atoms with Crippen molar-refractivity contribution in [3.05, 3.63) is 12.7 Å². The number of hydrogen-bond donors (Lipinski definition) is 3. The molecule has 5 atom stereocenters. The Morgan fingerprint density at radius 3 is 2.59 bits per heavy atom. The molecule has 128 valence electrons. The van der Waals surface area contributed by atoms with Gasteiger partial charge in [-0.3, -0.25) is 4.79 Å². The van der Waals surface area contributed by atoms with Gasteiger partial charge in [-0.15, -0.1) is 6.58 Å². The van der Waals surface area contributed by atoms with Crippen molar-refractivity contribution >= 4 is 5.91 Å². The first-order chi connectivity index (χ1) is 10.3. The maximum Gasteiger partial charge on any atom is 0.471 e. The third kappa shape index (κ3) is 4.40. The fraction of sp³-hybridized carbons (Fsp3) is 0.750. The summed E-state index contributed by atoms with van der Waals surface area (Å²) in [6.07, 6.45) is -8.97. The number of nitrogens with one attached hydrogen (secondary N) is 1. The van der Waals surface area contributed by atoms with Crippen molar-refractivity contribution in [3.8, 4) is 0 Å². The molecule has 0 aromatic heterocycles. The molecule has 0 aromatic rings. The van der Waals surface area contributed by atoms with Crippen molar-refractivity contribution in [2.45, 2.75) is 36.8 Å². The van der Waals surface area contributed by atoms with Crippen LogP contribution in [0.4, 0.5) is 13.2 Å². The van der Waals surface area contributed by atoms with E-state index in [4.69, 9.17) is 19.3 Å². The second-order valence-electron chi connectivity index (χ2n) is 4.54. The van der Waals surface area contributed by atoms with Crippen molar-refractivity contribution in [1.82, 2.24) is 5.32 Å². The lowest BCUT2D eigenvalue weighted by atomic mass is 9.96. The van der Waals surface area contributed by atoms with Crippen LogP contribution in [0.2, 0.25) is 0 Å². The first-order valence-electron chi connectivity index (χ1n) is 6.33. The van der Waals surface area contributed by atoms with Gasteiger partial charge in [-0.25, -0.2) is 0 Å². The highest BCUT2D eigenvalue weighted by molar-refractivity contribution is 5.82. The van der Waals surface area contributed by atoms with Gasteiger partial charge in [0.1, 0.15) is 24.4 Å². The maximum atomic E-state index is 12.4. The minimum absolute atomic E-state index is 0.0757. The van der Waals surface area contributed by atoms with Crippen molar-refractivity contribution in [1.29, 1.82) is 0 Å². The predicted octanol–water partition coefficient (Wildman–Crippen LogP) is -0.671. The lowest BCUT2D eigenvalue weighted by Crippen LogP contribution is -2.66.